The number of pyridine rings is 1. The van der Waals surface area contributed by atoms with Crippen LogP contribution >= 0.6 is 41.7 Å². The Hall–Kier alpha value is -0.0800. The van der Waals surface area contributed by atoms with Crippen molar-refractivity contribution in [2.24, 2.45) is 0 Å². The van der Waals surface area contributed by atoms with E-state index in [2.05, 4.69) is 4.98 Å². The molecular weight excluding hydrogens is 440 g/mol. The van der Waals surface area contributed by atoms with E-state index in [0.29, 0.717) is 29.7 Å². The summed E-state index contributed by atoms with van der Waals surface area (Å²) < 4.78 is 16.6. The number of aromatic nitrogens is 1. The highest BCUT2D eigenvalue weighted by atomic mass is 35.5. The maximum atomic E-state index is 10.5. The number of aliphatic carboxylic acids is 1. The Labute approximate surface area is 173 Å². The first-order chi connectivity index (χ1) is 12.3. The van der Waals surface area contributed by atoms with Crippen molar-refractivity contribution in [1.82, 2.24) is 4.98 Å². The number of carbonyl (C=O) groups is 1. The van der Waals surface area contributed by atoms with Crippen molar-refractivity contribution in [2.45, 2.75) is 44.6 Å². The summed E-state index contributed by atoms with van der Waals surface area (Å²) in [6, 6.07) is 1.55. The molecule has 0 aliphatic rings. The first-order valence-corrected chi connectivity index (χ1v) is 12.4. The largest absolute Gasteiger partial charge is 0.481 e. The summed E-state index contributed by atoms with van der Waals surface area (Å²) in [6.45, 7) is 1.32. The normalized spacial score (nSPS) is 11.5. The van der Waals surface area contributed by atoms with Crippen LogP contribution in [-0.4, -0.2) is 35.0 Å². The number of hydrogen-bond acceptors (Lipinski definition) is 7. The van der Waals surface area contributed by atoms with Crippen LogP contribution in [0.1, 0.15) is 39.5 Å². The van der Waals surface area contributed by atoms with Gasteiger partial charge in [-0.1, -0.05) is 29.6 Å². The molecular formula is C15H22Cl2NO5PS2. The number of hydrogen-bond donors (Lipinski definition) is 1. The molecule has 0 aliphatic heterocycles. The molecule has 0 aromatic carbocycles. The molecule has 148 valence electrons. The maximum Gasteiger partial charge on any atom is 0.381 e. The molecule has 0 amide bonds. The quantitative estimate of drug-likeness (QED) is 0.224. The van der Waals surface area contributed by atoms with Crippen molar-refractivity contribution in [3.63, 3.8) is 0 Å². The molecule has 0 aliphatic carbocycles. The van der Waals surface area contributed by atoms with Gasteiger partial charge in [-0.15, -0.1) is 11.8 Å². The highest BCUT2D eigenvalue weighted by Gasteiger charge is 2.24. The highest BCUT2D eigenvalue weighted by Crippen LogP contribution is 2.51. The Morgan fingerprint density at radius 2 is 1.88 bits per heavy atom. The molecule has 0 saturated carbocycles. The van der Waals surface area contributed by atoms with E-state index >= 15 is 0 Å². The minimum Gasteiger partial charge on any atom is -0.481 e. The average Bonchev–Trinajstić information content (AvgIpc) is 2.54. The molecule has 0 spiro atoms. The topological polar surface area (TPSA) is 77.9 Å². The van der Waals surface area contributed by atoms with Gasteiger partial charge in [0.15, 0.2) is 0 Å². The minimum absolute atomic E-state index is 0.134. The molecule has 0 radical (unpaired) electrons. The fraction of sp³-hybridized carbons (Fsp3) is 0.600. The number of halogens is 2. The van der Waals surface area contributed by atoms with Gasteiger partial charge in [0.1, 0.15) is 10.0 Å². The fourth-order valence-corrected chi connectivity index (χ4v) is 5.34. The monoisotopic (exact) mass is 461 g/mol. The Bertz CT molecular complexity index is 641. The molecule has 1 rings (SSSR count). The molecule has 11 heteroatoms. The predicted octanol–water partition coefficient (Wildman–Crippen LogP) is 5.80. The Kier molecular flexibility index (Phi) is 11.4. The lowest BCUT2D eigenvalue weighted by atomic mass is 10.2. The summed E-state index contributed by atoms with van der Waals surface area (Å²) >= 11 is 19.1. The van der Waals surface area contributed by atoms with Gasteiger partial charge < -0.3 is 9.63 Å². The van der Waals surface area contributed by atoms with Crippen LogP contribution in [0.5, 0.6) is 5.88 Å². The third kappa shape index (κ3) is 8.74. The molecule has 1 aromatic rings. The molecule has 0 atom stereocenters. The van der Waals surface area contributed by atoms with Crippen molar-refractivity contribution in [2.75, 3.05) is 19.0 Å². The molecule has 1 aromatic heterocycles. The van der Waals surface area contributed by atoms with E-state index in [4.69, 9.17) is 53.7 Å². The van der Waals surface area contributed by atoms with Crippen molar-refractivity contribution in [1.29, 1.82) is 0 Å². The molecule has 1 N–H and O–H groups in total. The van der Waals surface area contributed by atoms with Gasteiger partial charge >= 0.3 is 12.7 Å². The van der Waals surface area contributed by atoms with Gasteiger partial charge in [0.05, 0.1) is 18.2 Å². The van der Waals surface area contributed by atoms with Crippen molar-refractivity contribution in [3.8, 4) is 5.88 Å². The molecule has 0 saturated heterocycles. The Morgan fingerprint density at radius 1 is 1.23 bits per heavy atom. The van der Waals surface area contributed by atoms with Gasteiger partial charge in [0.2, 0.25) is 5.88 Å². The molecule has 0 unspecified atom stereocenters. The second-order valence-corrected chi connectivity index (χ2v) is 9.82. The third-order valence-electron chi connectivity index (χ3n) is 2.91. The van der Waals surface area contributed by atoms with E-state index in [0.717, 1.165) is 18.6 Å². The van der Waals surface area contributed by atoms with Crippen molar-refractivity contribution in [3.05, 3.63) is 16.1 Å². The summed E-state index contributed by atoms with van der Waals surface area (Å²) in [7, 11) is 0. The zero-order chi connectivity index (χ0) is 19.6. The smallest absolute Gasteiger partial charge is 0.381 e. The SMILES string of the molecule is CCOP(=S)(OCC)Oc1nc(SCCCCCC(=O)O)c(Cl)cc1Cl. The van der Waals surface area contributed by atoms with Crippen LogP contribution in [0.25, 0.3) is 0 Å². The van der Waals surface area contributed by atoms with E-state index in [1.54, 1.807) is 19.9 Å². The summed E-state index contributed by atoms with van der Waals surface area (Å²) in [5.74, 6) is 0.106. The molecule has 0 fully saturated rings. The summed E-state index contributed by atoms with van der Waals surface area (Å²) in [5.41, 5.74) is 0. The second-order valence-electron chi connectivity index (χ2n) is 4.99. The first kappa shape index (κ1) is 24.0. The van der Waals surface area contributed by atoms with Crippen LogP contribution < -0.4 is 4.52 Å². The molecule has 1 heterocycles. The zero-order valence-electron chi connectivity index (χ0n) is 14.6. The molecule has 26 heavy (non-hydrogen) atoms. The zero-order valence-corrected chi connectivity index (χ0v) is 18.6. The Morgan fingerprint density at radius 3 is 2.46 bits per heavy atom. The second kappa shape index (κ2) is 12.4. The lowest BCUT2D eigenvalue weighted by molar-refractivity contribution is -0.137. The fourth-order valence-electron chi connectivity index (χ4n) is 1.84. The van der Waals surface area contributed by atoms with Gasteiger partial charge in [0, 0.05) is 18.2 Å². The van der Waals surface area contributed by atoms with Crippen molar-refractivity contribution < 1.29 is 23.5 Å². The minimum atomic E-state index is -2.97. The van der Waals surface area contributed by atoms with Crippen molar-refractivity contribution >= 4 is 59.5 Å². The van der Waals surface area contributed by atoms with Crippen LogP contribution in [0.15, 0.2) is 11.1 Å². The van der Waals surface area contributed by atoms with Crippen LogP contribution in [-0.2, 0) is 25.6 Å². The maximum absolute atomic E-state index is 10.5. The third-order valence-corrected chi connectivity index (χ3v) is 7.06. The number of thioether (sulfide) groups is 1. The van der Waals surface area contributed by atoms with E-state index in [9.17, 15) is 4.79 Å². The number of unbranched alkanes of at least 4 members (excludes halogenated alkanes) is 2. The molecule has 6 nitrogen and oxygen atoms in total. The number of rotatable bonds is 13. The number of carboxylic acids is 1. The number of carboxylic acid groups (broad SMARTS) is 1. The van der Waals surface area contributed by atoms with E-state index in [1.807, 2.05) is 0 Å². The van der Waals surface area contributed by atoms with E-state index in [-0.39, 0.29) is 17.3 Å². The van der Waals surface area contributed by atoms with Gasteiger partial charge in [-0.2, -0.15) is 0 Å². The lowest BCUT2D eigenvalue weighted by Crippen LogP contribution is -2.04. The standard InChI is InChI=1S/C15H22Cl2NO5PS2/c1-3-21-24(25,22-4-2)23-14-11(16)10-12(17)15(18-14)26-9-7-5-6-8-13(19)20/h10H,3-9H2,1-2H3,(H,19,20). The van der Waals surface area contributed by atoms with E-state index < -0.39 is 12.7 Å². The van der Waals surface area contributed by atoms with Gasteiger partial charge in [-0.25, -0.2) is 4.98 Å². The predicted molar refractivity (Wildman–Crippen MR) is 109 cm³/mol. The van der Waals surface area contributed by atoms with Crippen LogP contribution in [0.4, 0.5) is 0 Å². The van der Waals surface area contributed by atoms with E-state index in [1.165, 1.54) is 11.8 Å². The summed E-state index contributed by atoms with van der Waals surface area (Å²) in [6.07, 6.45) is 2.51. The lowest BCUT2D eigenvalue weighted by Gasteiger charge is -2.21. The first-order valence-electron chi connectivity index (χ1n) is 8.10. The van der Waals surface area contributed by atoms with Gasteiger partial charge in [0.25, 0.3) is 0 Å². The Balaban J connectivity index is 2.72. The van der Waals surface area contributed by atoms with Crippen LogP contribution in [0.3, 0.4) is 0 Å². The average molecular weight is 462 g/mol. The number of nitrogens with zero attached hydrogens (tertiary/aromatic N) is 1. The molecule has 0 bridgehead atoms. The highest BCUT2D eigenvalue weighted by molar-refractivity contribution is 8.07. The summed E-state index contributed by atoms with van der Waals surface area (Å²) in [5, 5.41) is 9.84. The van der Waals surface area contributed by atoms with Gasteiger partial charge in [-0.3, -0.25) is 13.8 Å². The van der Waals surface area contributed by atoms with Gasteiger partial charge in [-0.05, 0) is 38.5 Å². The van der Waals surface area contributed by atoms with Crippen LogP contribution in [0.2, 0.25) is 10.0 Å². The van der Waals surface area contributed by atoms with Crippen LogP contribution in [0, 0.1) is 0 Å². The summed E-state index contributed by atoms with van der Waals surface area (Å²) in [4.78, 5) is 14.8.